The van der Waals surface area contributed by atoms with Crippen LogP contribution >= 0.6 is 0 Å². The van der Waals surface area contributed by atoms with Crippen LogP contribution in [0.4, 0.5) is 0 Å². The molecule has 6 unspecified atom stereocenters. The molecule has 0 aromatic carbocycles. The highest BCUT2D eigenvalue weighted by atomic mass is 16.5. The van der Waals surface area contributed by atoms with Crippen molar-refractivity contribution in [2.24, 2.45) is 23.7 Å². The first kappa shape index (κ1) is 34.4. The Balaban J connectivity index is 2.36. The van der Waals surface area contributed by atoms with Gasteiger partial charge in [0.25, 0.3) is 0 Å². The van der Waals surface area contributed by atoms with Crippen molar-refractivity contribution in [3.05, 3.63) is 23.3 Å². The largest absolute Gasteiger partial charge is 0.393 e. The molecule has 6 atom stereocenters. The first-order valence-corrected chi connectivity index (χ1v) is 16.4. The van der Waals surface area contributed by atoms with Crippen LogP contribution in [-0.2, 0) is 4.74 Å². The maximum atomic E-state index is 10.7. The lowest BCUT2D eigenvalue weighted by Crippen LogP contribution is -2.45. The highest BCUT2D eigenvalue weighted by molar-refractivity contribution is 5.03. The molecule has 0 radical (unpaired) electrons. The summed E-state index contributed by atoms with van der Waals surface area (Å²) in [5.74, 6) is 2.05. The summed E-state index contributed by atoms with van der Waals surface area (Å²) in [4.78, 5) is 0. The van der Waals surface area contributed by atoms with Gasteiger partial charge in [0.15, 0.2) is 0 Å². The minimum absolute atomic E-state index is 0.165. The predicted octanol–water partition coefficient (Wildman–Crippen LogP) is 10.8. The lowest BCUT2D eigenvalue weighted by Gasteiger charge is -2.43. The van der Waals surface area contributed by atoms with Gasteiger partial charge in [0, 0.05) is 6.61 Å². The minimum Gasteiger partial charge on any atom is -0.393 e. The molecule has 1 N–H and O–H groups in total. The molecular weight excluding hydrogens is 452 g/mol. The predicted molar refractivity (Wildman–Crippen MR) is 164 cm³/mol. The average Bonchev–Trinajstić information content (AvgIpc) is 2.87. The molecule has 37 heavy (non-hydrogen) atoms. The molecule has 1 fully saturated rings. The molecule has 1 rings (SSSR count). The van der Waals surface area contributed by atoms with Crippen molar-refractivity contribution in [1.82, 2.24) is 0 Å². The third-order valence-corrected chi connectivity index (χ3v) is 9.15. The number of aliphatic hydroxyl groups is 1. The maximum Gasteiger partial charge on any atom is 0.0633 e. The van der Waals surface area contributed by atoms with Crippen molar-refractivity contribution in [2.45, 2.75) is 170 Å². The Morgan fingerprint density at radius 1 is 0.811 bits per heavy atom. The van der Waals surface area contributed by atoms with Crippen LogP contribution < -0.4 is 0 Å². The van der Waals surface area contributed by atoms with E-state index in [0.29, 0.717) is 23.9 Å². The molecule has 1 saturated carbocycles. The van der Waals surface area contributed by atoms with Crippen LogP contribution in [-0.4, -0.2) is 23.9 Å². The van der Waals surface area contributed by atoms with Crippen LogP contribution in [0.2, 0.25) is 0 Å². The summed E-state index contributed by atoms with van der Waals surface area (Å²) in [6, 6.07) is 0. The molecule has 218 valence electrons. The smallest absolute Gasteiger partial charge is 0.0633 e. The number of allylic oxidation sites excluding steroid dienone is 4. The number of ether oxygens (including phenoxy) is 1. The van der Waals surface area contributed by atoms with Crippen molar-refractivity contribution in [2.75, 3.05) is 6.61 Å². The van der Waals surface area contributed by atoms with Crippen LogP contribution in [0.15, 0.2) is 23.3 Å². The molecule has 2 nitrogen and oxygen atoms in total. The second kappa shape index (κ2) is 21.2. The van der Waals surface area contributed by atoms with E-state index in [1.807, 2.05) is 0 Å². The van der Waals surface area contributed by atoms with Gasteiger partial charge in [-0.25, -0.2) is 0 Å². The lowest BCUT2D eigenvalue weighted by atomic mass is 9.70. The summed E-state index contributed by atoms with van der Waals surface area (Å²) in [6.45, 7) is 17.0. The molecule has 0 bridgehead atoms. The Labute approximate surface area is 233 Å². The fraction of sp³-hybridized carbons (Fsp3) is 0.886. The van der Waals surface area contributed by atoms with E-state index in [-0.39, 0.29) is 6.10 Å². The normalized spacial score (nSPS) is 26.0. The second-order valence-corrected chi connectivity index (χ2v) is 12.7. The van der Waals surface area contributed by atoms with Crippen LogP contribution in [0.25, 0.3) is 0 Å². The Hall–Kier alpha value is -0.600. The first-order chi connectivity index (χ1) is 17.8. The van der Waals surface area contributed by atoms with Crippen molar-refractivity contribution >= 4 is 0 Å². The Kier molecular flexibility index (Phi) is 19.8. The lowest BCUT2D eigenvalue weighted by molar-refractivity contribution is -0.105. The molecule has 0 aliphatic heterocycles. The van der Waals surface area contributed by atoms with E-state index in [1.165, 1.54) is 103 Å². The Morgan fingerprint density at radius 2 is 1.46 bits per heavy atom. The van der Waals surface area contributed by atoms with Crippen molar-refractivity contribution in [1.29, 1.82) is 0 Å². The Bertz CT molecular complexity index is 606. The van der Waals surface area contributed by atoms with Gasteiger partial charge in [-0.1, -0.05) is 116 Å². The molecule has 2 heteroatoms. The third kappa shape index (κ3) is 15.5. The van der Waals surface area contributed by atoms with Crippen molar-refractivity contribution in [3.63, 3.8) is 0 Å². The van der Waals surface area contributed by atoms with Crippen LogP contribution in [0.1, 0.15) is 158 Å². The van der Waals surface area contributed by atoms with Gasteiger partial charge in [-0.2, -0.15) is 0 Å². The van der Waals surface area contributed by atoms with E-state index >= 15 is 0 Å². The van der Waals surface area contributed by atoms with Crippen molar-refractivity contribution in [3.8, 4) is 0 Å². The number of hydrogen-bond donors (Lipinski definition) is 1. The average molecular weight is 519 g/mol. The topological polar surface area (TPSA) is 29.5 Å². The summed E-state index contributed by atoms with van der Waals surface area (Å²) in [6.07, 6.45) is 26.4. The summed E-state index contributed by atoms with van der Waals surface area (Å²) >= 11 is 0. The number of unbranched alkanes of at least 4 members (excludes halogenated alkanes) is 7. The summed E-state index contributed by atoms with van der Waals surface area (Å²) in [5, 5.41) is 10.7. The van der Waals surface area contributed by atoms with Gasteiger partial charge in [0.05, 0.1) is 12.2 Å². The van der Waals surface area contributed by atoms with E-state index in [9.17, 15) is 5.11 Å². The Morgan fingerprint density at radius 3 is 2.19 bits per heavy atom. The van der Waals surface area contributed by atoms with Gasteiger partial charge >= 0.3 is 0 Å². The maximum absolute atomic E-state index is 10.7. The second-order valence-electron chi connectivity index (χ2n) is 12.7. The number of hydrogen-bond acceptors (Lipinski definition) is 2. The summed E-state index contributed by atoms with van der Waals surface area (Å²) < 4.78 is 6.54. The van der Waals surface area contributed by atoms with E-state index in [2.05, 4.69) is 60.6 Å². The number of aliphatic hydroxyl groups excluding tert-OH is 1. The monoisotopic (exact) mass is 519 g/mol. The van der Waals surface area contributed by atoms with E-state index < -0.39 is 0 Å². The van der Waals surface area contributed by atoms with Gasteiger partial charge in [0.1, 0.15) is 0 Å². The first-order valence-electron chi connectivity index (χ1n) is 16.4. The fourth-order valence-corrected chi connectivity index (χ4v) is 6.08. The number of rotatable bonds is 21. The fourth-order valence-electron chi connectivity index (χ4n) is 6.08. The van der Waals surface area contributed by atoms with Gasteiger partial charge in [-0.3, -0.25) is 0 Å². The molecule has 0 amide bonds. The van der Waals surface area contributed by atoms with Crippen LogP contribution in [0, 0.1) is 23.7 Å². The zero-order valence-electron chi connectivity index (χ0n) is 26.2. The van der Waals surface area contributed by atoms with E-state index in [0.717, 1.165) is 18.9 Å². The highest BCUT2D eigenvalue weighted by Gasteiger charge is 2.40. The standard InChI is InChI=1S/C35H66O2/c1-8-10-12-13-14-16-26-37-35-32(7)31(6)34(36)27-33(35)25-24-30(5)23-18-22-29(4)21-17-20-28(3)19-15-11-9-2/h19,21,30-36H,8-18,20,22-27H2,1-7H3/b28-19+,29-21+. The molecule has 0 saturated heterocycles. The van der Waals surface area contributed by atoms with E-state index in [1.54, 1.807) is 11.1 Å². The molecule has 0 aromatic rings. The third-order valence-electron chi connectivity index (χ3n) is 9.15. The molecule has 0 heterocycles. The molecule has 0 aromatic heterocycles. The summed E-state index contributed by atoms with van der Waals surface area (Å²) in [5.41, 5.74) is 3.12. The summed E-state index contributed by atoms with van der Waals surface area (Å²) in [7, 11) is 0. The zero-order valence-corrected chi connectivity index (χ0v) is 26.2. The molecule has 1 aliphatic carbocycles. The van der Waals surface area contributed by atoms with Gasteiger partial charge in [-0.05, 0) is 88.9 Å². The highest BCUT2D eigenvalue weighted by Crippen LogP contribution is 2.39. The van der Waals surface area contributed by atoms with E-state index in [4.69, 9.17) is 4.74 Å². The molecule has 0 spiro atoms. The molecular formula is C35H66O2. The van der Waals surface area contributed by atoms with Crippen LogP contribution in [0.3, 0.4) is 0 Å². The van der Waals surface area contributed by atoms with Crippen LogP contribution in [0.5, 0.6) is 0 Å². The minimum atomic E-state index is -0.165. The van der Waals surface area contributed by atoms with Gasteiger partial charge in [-0.15, -0.1) is 0 Å². The molecule has 1 aliphatic rings. The zero-order chi connectivity index (χ0) is 27.5. The van der Waals surface area contributed by atoms with Crippen molar-refractivity contribution < 1.29 is 9.84 Å². The van der Waals surface area contributed by atoms with Gasteiger partial charge in [0.2, 0.25) is 0 Å². The SMILES string of the molecule is CCCC/C=C(\C)CC/C=C(\C)CCCC(C)CCC1CC(O)C(C)C(C)C1OCCCCCCCC. The quantitative estimate of drug-likeness (QED) is 0.121. The van der Waals surface area contributed by atoms with Gasteiger partial charge < -0.3 is 9.84 Å².